The van der Waals surface area contributed by atoms with Crippen LogP contribution in [0.4, 0.5) is 0 Å². The molecule has 25 heavy (non-hydrogen) atoms. The normalized spacial score (nSPS) is 17.6. The Labute approximate surface area is 147 Å². The summed E-state index contributed by atoms with van der Waals surface area (Å²) in [6, 6.07) is 10.5. The van der Waals surface area contributed by atoms with Crippen LogP contribution in [0, 0.1) is 5.92 Å². The zero-order chi connectivity index (χ0) is 17.1. The Bertz CT molecular complexity index is 759. The van der Waals surface area contributed by atoms with Crippen molar-refractivity contribution in [2.45, 2.75) is 25.5 Å². The molecule has 4 rings (SSSR count). The van der Waals surface area contributed by atoms with Crippen LogP contribution in [0.3, 0.4) is 0 Å². The molecule has 0 saturated carbocycles. The van der Waals surface area contributed by atoms with Gasteiger partial charge in [0.15, 0.2) is 0 Å². The van der Waals surface area contributed by atoms with E-state index in [-0.39, 0.29) is 5.92 Å². The first kappa shape index (κ1) is 16.1. The molecule has 130 valence electrons. The molecule has 3 aromatic rings. The second-order valence-electron chi connectivity index (χ2n) is 6.65. The number of aromatic nitrogens is 4. The molecule has 1 aliphatic heterocycles. The highest BCUT2D eigenvalue weighted by Crippen LogP contribution is 2.29. The van der Waals surface area contributed by atoms with Crippen LogP contribution in [-0.4, -0.2) is 42.8 Å². The number of hydrogen-bond donors (Lipinski definition) is 2. The number of nitrogens with zero attached hydrogens (tertiary/aromatic N) is 4. The molecule has 1 unspecified atom stereocenters. The predicted molar refractivity (Wildman–Crippen MR) is 95.1 cm³/mol. The standard InChI is InChI=1S/C19H23N5O/c25-18(19-20-9-10-21-19)16-6-12-23(13-7-16)14-15-2-4-17(5-3-15)24-11-1-8-22-24/h1-5,8-11,16,18,25H,6-7,12-14H2,(H,20,21). The van der Waals surface area contributed by atoms with Crippen molar-refractivity contribution in [3.63, 3.8) is 0 Å². The molecule has 1 atom stereocenters. The van der Waals surface area contributed by atoms with Gasteiger partial charge in [-0.2, -0.15) is 5.10 Å². The number of aliphatic hydroxyl groups is 1. The highest BCUT2D eigenvalue weighted by Gasteiger charge is 2.27. The Morgan fingerprint density at radius 3 is 2.60 bits per heavy atom. The van der Waals surface area contributed by atoms with Gasteiger partial charge in [0, 0.05) is 31.3 Å². The van der Waals surface area contributed by atoms with Gasteiger partial charge < -0.3 is 10.1 Å². The number of hydrogen-bond acceptors (Lipinski definition) is 4. The van der Waals surface area contributed by atoms with E-state index in [1.807, 2.05) is 16.9 Å². The van der Waals surface area contributed by atoms with Crippen LogP contribution >= 0.6 is 0 Å². The SMILES string of the molecule is OC(c1ncc[nH]1)C1CCN(Cc2ccc(-n3cccn3)cc2)CC1. The van der Waals surface area contributed by atoms with Gasteiger partial charge in [0.2, 0.25) is 0 Å². The summed E-state index contributed by atoms with van der Waals surface area (Å²) < 4.78 is 1.87. The molecule has 1 aromatic carbocycles. The summed E-state index contributed by atoms with van der Waals surface area (Å²) in [7, 11) is 0. The second kappa shape index (κ2) is 7.21. The molecule has 0 amide bonds. The molecule has 1 fully saturated rings. The van der Waals surface area contributed by atoms with Crippen molar-refractivity contribution in [3.05, 3.63) is 66.5 Å². The van der Waals surface area contributed by atoms with E-state index in [4.69, 9.17) is 0 Å². The molecule has 3 heterocycles. The average Bonchev–Trinajstić information content (AvgIpc) is 3.36. The van der Waals surface area contributed by atoms with Gasteiger partial charge in [-0.25, -0.2) is 9.67 Å². The largest absolute Gasteiger partial charge is 0.385 e. The lowest BCUT2D eigenvalue weighted by molar-refractivity contribution is 0.0515. The van der Waals surface area contributed by atoms with Crippen LogP contribution in [-0.2, 0) is 6.54 Å². The number of benzene rings is 1. The second-order valence-corrected chi connectivity index (χ2v) is 6.65. The average molecular weight is 337 g/mol. The number of piperidine rings is 1. The summed E-state index contributed by atoms with van der Waals surface area (Å²) in [6.45, 7) is 2.95. The van der Waals surface area contributed by atoms with Gasteiger partial charge in [0.05, 0.1) is 5.69 Å². The fraction of sp³-hybridized carbons (Fsp3) is 0.368. The molecule has 2 aromatic heterocycles. The van der Waals surface area contributed by atoms with Gasteiger partial charge in [-0.15, -0.1) is 0 Å². The quantitative estimate of drug-likeness (QED) is 0.751. The zero-order valence-corrected chi connectivity index (χ0v) is 14.1. The lowest BCUT2D eigenvalue weighted by Gasteiger charge is -2.33. The maximum Gasteiger partial charge on any atom is 0.135 e. The van der Waals surface area contributed by atoms with Gasteiger partial charge in [-0.3, -0.25) is 4.90 Å². The van der Waals surface area contributed by atoms with Crippen LogP contribution < -0.4 is 0 Å². The first-order valence-electron chi connectivity index (χ1n) is 8.78. The summed E-state index contributed by atoms with van der Waals surface area (Å²) in [6.07, 6.45) is 8.70. The lowest BCUT2D eigenvalue weighted by Crippen LogP contribution is -2.35. The van der Waals surface area contributed by atoms with Crippen LogP contribution in [0.1, 0.15) is 30.3 Å². The van der Waals surface area contributed by atoms with E-state index in [0.29, 0.717) is 5.82 Å². The Morgan fingerprint density at radius 1 is 1.16 bits per heavy atom. The van der Waals surface area contributed by atoms with Crippen molar-refractivity contribution in [2.24, 2.45) is 5.92 Å². The third-order valence-corrected chi connectivity index (χ3v) is 4.99. The van der Waals surface area contributed by atoms with E-state index in [9.17, 15) is 5.11 Å². The maximum atomic E-state index is 10.4. The van der Waals surface area contributed by atoms with Crippen molar-refractivity contribution in [1.82, 2.24) is 24.6 Å². The zero-order valence-electron chi connectivity index (χ0n) is 14.1. The van der Waals surface area contributed by atoms with Crippen molar-refractivity contribution < 1.29 is 5.11 Å². The molecular weight excluding hydrogens is 314 g/mol. The minimum absolute atomic E-state index is 0.282. The number of rotatable bonds is 5. The van der Waals surface area contributed by atoms with Crippen molar-refractivity contribution in [2.75, 3.05) is 13.1 Å². The number of aliphatic hydroxyl groups excluding tert-OH is 1. The fourth-order valence-electron chi connectivity index (χ4n) is 3.52. The lowest BCUT2D eigenvalue weighted by atomic mass is 9.90. The third kappa shape index (κ3) is 3.65. The molecule has 0 aliphatic carbocycles. The highest BCUT2D eigenvalue weighted by atomic mass is 16.3. The van der Waals surface area contributed by atoms with Crippen LogP contribution in [0.25, 0.3) is 5.69 Å². The third-order valence-electron chi connectivity index (χ3n) is 4.99. The summed E-state index contributed by atoms with van der Waals surface area (Å²) in [4.78, 5) is 9.65. The smallest absolute Gasteiger partial charge is 0.135 e. The highest BCUT2D eigenvalue weighted by molar-refractivity contribution is 5.33. The molecule has 6 nitrogen and oxygen atoms in total. The van der Waals surface area contributed by atoms with Gasteiger partial charge in [-0.1, -0.05) is 12.1 Å². The summed E-state index contributed by atoms with van der Waals surface area (Å²) in [5.41, 5.74) is 2.38. The van der Waals surface area contributed by atoms with Gasteiger partial charge in [0.1, 0.15) is 11.9 Å². The van der Waals surface area contributed by atoms with Gasteiger partial charge >= 0.3 is 0 Å². The minimum Gasteiger partial charge on any atom is -0.385 e. The van der Waals surface area contributed by atoms with E-state index in [1.54, 1.807) is 18.6 Å². The summed E-state index contributed by atoms with van der Waals surface area (Å²) >= 11 is 0. The van der Waals surface area contributed by atoms with Crippen LogP contribution in [0.15, 0.2) is 55.1 Å². The number of nitrogens with one attached hydrogen (secondary N) is 1. The fourth-order valence-corrected chi connectivity index (χ4v) is 3.52. The van der Waals surface area contributed by atoms with Gasteiger partial charge in [0.25, 0.3) is 0 Å². The molecule has 1 saturated heterocycles. The minimum atomic E-state index is -0.481. The molecule has 0 bridgehead atoms. The number of aromatic amines is 1. The van der Waals surface area contributed by atoms with E-state index in [0.717, 1.165) is 38.2 Å². The first-order chi connectivity index (χ1) is 12.3. The molecule has 0 spiro atoms. The number of imidazole rings is 1. The van der Waals surface area contributed by atoms with Crippen LogP contribution in [0.5, 0.6) is 0 Å². The Morgan fingerprint density at radius 2 is 1.96 bits per heavy atom. The predicted octanol–water partition coefficient (Wildman–Crippen LogP) is 2.54. The van der Waals surface area contributed by atoms with E-state index in [2.05, 4.69) is 44.2 Å². The van der Waals surface area contributed by atoms with E-state index < -0.39 is 6.10 Å². The molecule has 0 radical (unpaired) electrons. The number of likely N-dealkylation sites (tertiary alicyclic amines) is 1. The maximum absolute atomic E-state index is 10.4. The molecule has 1 aliphatic rings. The molecule has 6 heteroatoms. The Hall–Kier alpha value is -2.44. The van der Waals surface area contributed by atoms with Crippen molar-refractivity contribution in [3.8, 4) is 5.69 Å². The van der Waals surface area contributed by atoms with E-state index >= 15 is 0 Å². The van der Waals surface area contributed by atoms with Crippen molar-refractivity contribution >= 4 is 0 Å². The number of H-pyrrole nitrogens is 1. The van der Waals surface area contributed by atoms with Crippen molar-refractivity contribution in [1.29, 1.82) is 0 Å². The monoisotopic (exact) mass is 337 g/mol. The summed E-state index contributed by atoms with van der Waals surface area (Å²) in [5, 5.41) is 14.7. The molecular formula is C19H23N5O. The first-order valence-corrected chi connectivity index (χ1v) is 8.78. The van der Waals surface area contributed by atoms with E-state index in [1.165, 1.54) is 5.56 Å². The topological polar surface area (TPSA) is 70.0 Å². The Kier molecular flexibility index (Phi) is 4.63. The summed E-state index contributed by atoms with van der Waals surface area (Å²) in [5.74, 6) is 0.970. The van der Waals surface area contributed by atoms with Gasteiger partial charge in [-0.05, 0) is 55.6 Å². The molecule has 2 N–H and O–H groups in total. The van der Waals surface area contributed by atoms with Crippen LogP contribution in [0.2, 0.25) is 0 Å². The Balaban J connectivity index is 1.31.